The molecule has 0 bridgehead atoms. The molecule has 1 atom stereocenters. The van der Waals surface area contributed by atoms with Crippen LogP contribution in [0.2, 0.25) is 0 Å². The topological polar surface area (TPSA) is 63.8 Å². The summed E-state index contributed by atoms with van der Waals surface area (Å²) >= 11 is 0. The summed E-state index contributed by atoms with van der Waals surface area (Å²) in [7, 11) is 0. The molecule has 0 aliphatic carbocycles. The van der Waals surface area contributed by atoms with Gasteiger partial charge in [-0.15, -0.1) is 12.4 Å². The smallest absolute Gasteiger partial charge is 0.227 e. The Bertz CT molecular complexity index is 482. The van der Waals surface area contributed by atoms with Crippen molar-refractivity contribution in [1.29, 1.82) is 0 Å². The number of halogens is 1. The molecule has 1 N–H and O–H groups in total. The maximum atomic E-state index is 5.26. The van der Waals surface area contributed by atoms with E-state index in [1.165, 1.54) is 6.42 Å². The molecule has 0 saturated carbocycles. The lowest BCUT2D eigenvalue weighted by Gasteiger charge is -2.01. The highest BCUT2D eigenvalue weighted by atomic mass is 35.5. The van der Waals surface area contributed by atoms with E-state index in [9.17, 15) is 0 Å². The van der Waals surface area contributed by atoms with Gasteiger partial charge in [-0.2, -0.15) is 4.98 Å². The fraction of sp³-hybridized carbons (Fsp3) is 0.417. The van der Waals surface area contributed by atoms with Crippen molar-refractivity contribution in [3.05, 3.63) is 30.4 Å². The van der Waals surface area contributed by atoms with Gasteiger partial charge >= 0.3 is 0 Å². The third-order valence-electron chi connectivity index (χ3n) is 3.01. The van der Waals surface area contributed by atoms with Crippen LogP contribution in [0.1, 0.15) is 12.3 Å². The normalized spacial score (nSPS) is 18.6. The first-order valence-electron chi connectivity index (χ1n) is 5.85. The number of aromatic nitrogens is 3. The maximum absolute atomic E-state index is 5.26. The van der Waals surface area contributed by atoms with Gasteiger partial charge in [0, 0.05) is 24.4 Å². The number of nitrogens with zero attached hydrogens (tertiary/aromatic N) is 3. The molecule has 2 aromatic heterocycles. The van der Waals surface area contributed by atoms with E-state index in [-0.39, 0.29) is 12.4 Å². The van der Waals surface area contributed by atoms with Crippen molar-refractivity contribution < 1.29 is 4.52 Å². The van der Waals surface area contributed by atoms with Gasteiger partial charge in [0.05, 0.1) is 0 Å². The number of rotatable bonds is 3. The monoisotopic (exact) mass is 266 g/mol. The maximum Gasteiger partial charge on any atom is 0.227 e. The van der Waals surface area contributed by atoms with Crippen LogP contribution >= 0.6 is 12.4 Å². The van der Waals surface area contributed by atoms with Crippen LogP contribution in [0, 0.1) is 5.92 Å². The van der Waals surface area contributed by atoms with Crippen molar-refractivity contribution >= 4 is 12.4 Å². The third kappa shape index (κ3) is 2.86. The first-order chi connectivity index (χ1) is 8.42. The van der Waals surface area contributed by atoms with E-state index in [1.54, 1.807) is 12.4 Å². The van der Waals surface area contributed by atoms with Crippen LogP contribution in [0.25, 0.3) is 11.4 Å². The van der Waals surface area contributed by atoms with Crippen molar-refractivity contribution in [2.24, 2.45) is 5.92 Å². The molecule has 3 rings (SSSR count). The Balaban J connectivity index is 0.00000120. The van der Waals surface area contributed by atoms with Crippen LogP contribution in [-0.4, -0.2) is 28.2 Å². The van der Waals surface area contributed by atoms with Gasteiger partial charge in [-0.3, -0.25) is 4.98 Å². The Morgan fingerprint density at radius 1 is 1.44 bits per heavy atom. The van der Waals surface area contributed by atoms with Crippen LogP contribution in [-0.2, 0) is 6.42 Å². The second-order valence-electron chi connectivity index (χ2n) is 4.32. The molecule has 6 heteroatoms. The van der Waals surface area contributed by atoms with Gasteiger partial charge in [0.2, 0.25) is 11.7 Å². The Morgan fingerprint density at radius 3 is 3.11 bits per heavy atom. The van der Waals surface area contributed by atoms with E-state index in [0.717, 1.165) is 31.0 Å². The molecule has 0 radical (unpaired) electrons. The highest BCUT2D eigenvalue weighted by Crippen LogP contribution is 2.17. The van der Waals surface area contributed by atoms with Gasteiger partial charge in [0.25, 0.3) is 0 Å². The fourth-order valence-corrected chi connectivity index (χ4v) is 2.09. The van der Waals surface area contributed by atoms with E-state index in [1.807, 2.05) is 12.1 Å². The number of nitrogens with one attached hydrogen (secondary N) is 1. The van der Waals surface area contributed by atoms with Gasteiger partial charge in [-0.25, -0.2) is 0 Å². The van der Waals surface area contributed by atoms with Crippen LogP contribution in [0.4, 0.5) is 0 Å². The van der Waals surface area contributed by atoms with E-state index < -0.39 is 0 Å². The van der Waals surface area contributed by atoms with Gasteiger partial charge in [0.1, 0.15) is 0 Å². The van der Waals surface area contributed by atoms with E-state index in [4.69, 9.17) is 4.52 Å². The minimum atomic E-state index is 0. The van der Waals surface area contributed by atoms with E-state index in [2.05, 4.69) is 20.4 Å². The number of hydrogen-bond acceptors (Lipinski definition) is 5. The number of hydrogen-bond donors (Lipinski definition) is 1. The summed E-state index contributed by atoms with van der Waals surface area (Å²) in [6.07, 6.45) is 5.52. The Morgan fingerprint density at radius 2 is 2.39 bits per heavy atom. The minimum Gasteiger partial charge on any atom is -0.339 e. The fourth-order valence-electron chi connectivity index (χ4n) is 2.09. The first-order valence-corrected chi connectivity index (χ1v) is 5.85. The molecule has 1 aliphatic rings. The summed E-state index contributed by atoms with van der Waals surface area (Å²) in [4.78, 5) is 8.44. The van der Waals surface area contributed by atoms with Crippen molar-refractivity contribution in [2.75, 3.05) is 13.1 Å². The molecule has 5 nitrogen and oxygen atoms in total. The summed E-state index contributed by atoms with van der Waals surface area (Å²) in [5, 5.41) is 7.31. The molecule has 0 spiro atoms. The lowest BCUT2D eigenvalue weighted by Crippen LogP contribution is -2.10. The predicted molar refractivity (Wildman–Crippen MR) is 69.5 cm³/mol. The average molecular weight is 267 g/mol. The zero-order chi connectivity index (χ0) is 11.5. The third-order valence-corrected chi connectivity index (χ3v) is 3.01. The molecule has 1 unspecified atom stereocenters. The molecule has 18 heavy (non-hydrogen) atoms. The van der Waals surface area contributed by atoms with Crippen LogP contribution in [0.15, 0.2) is 29.0 Å². The second kappa shape index (κ2) is 5.93. The molecular weight excluding hydrogens is 252 g/mol. The van der Waals surface area contributed by atoms with Crippen molar-refractivity contribution in [1.82, 2.24) is 20.4 Å². The lowest BCUT2D eigenvalue weighted by molar-refractivity contribution is 0.358. The van der Waals surface area contributed by atoms with E-state index in [0.29, 0.717) is 11.7 Å². The highest BCUT2D eigenvalue weighted by Gasteiger charge is 2.18. The summed E-state index contributed by atoms with van der Waals surface area (Å²) < 4.78 is 5.26. The van der Waals surface area contributed by atoms with Crippen LogP contribution in [0.5, 0.6) is 0 Å². The van der Waals surface area contributed by atoms with Crippen LogP contribution < -0.4 is 5.32 Å². The summed E-state index contributed by atoms with van der Waals surface area (Å²) in [5.41, 5.74) is 0.895. The number of pyridine rings is 1. The Hall–Kier alpha value is -1.46. The molecular formula is C12H15ClN4O. The van der Waals surface area contributed by atoms with Gasteiger partial charge in [-0.05, 0) is 37.6 Å². The van der Waals surface area contributed by atoms with Crippen molar-refractivity contribution in [2.45, 2.75) is 12.8 Å². The first kappa shape index (κ1) is 13.0. The zero-order valence-electron chi connectivity index (χ0n) is 9.87. The Kier molecular flexibility index (Phi) is 4.28. The Labute approximate surface area is 111 Å². The molecule has 2 aromatic rings. The quantitative estimate of drug-likeness (QED) is 0.916. The SMILES string of the molecule is Cl.c1cncc(-c2noc(CC3CCNC3)n2)c1. The zero-order valence-corrected chi connectivity index (χ0v) is 10.7. The molecule has 96 valence electrons. The standard InChI is InChI=1S/C12H14N4O.ClH/c1-2-10(8-13-4-1)12-15-11(17-16-12)6-9-3-5-14-7-9;/h1-2,4,8-9,14H,3,5-7H2;1H. The molecule has 0 aromatic carbocycles. The summed E-state index contributed by atoms with van der Waals surface area (Å²) in [6, 6.07) is 3.80. The summed E-state index contributed by atoms with van der Waals surface area (Å²) in [6.45, 7) is 2.14. The largest absolute Gasteiger partial charge is 0.339 e. The van der Waals surface area contributed by atoms with Crippen LogP contribution in [0.3, 0.4) is 0 Å². The van der Waals surface area contributed by atoms with Gasteiger partial charge in [-0.1, -0.05) is 5.16 Å². The average Bonchev–Trinajstić information content (AvgIpc) is 3.02. The molecule has 1 saturated heterocycles. The molecule has 3 heterocycles. The van der Waals surface area contributed by atoms with E-state index >= 15 is 0 Å². The minimum absolute atomic E-state index is 0. The predicted octanol–water partition coefficient (Wildman–Crippen LogP) is 1.71. The van der Waals surface area contributed by atoms with Gasteiger partial charge < -0.3 is 9.84 Å². The summed E-state index contributed by atoms with van der Waals surface area (Å²) in [5.74, 6) is 1.97. The van der Waals surface area contributed by atoms with Gasteiger partial charge in [0.15, 0.2) is 0 Å². The molecule has 0 amide bonds. The lowest BCUT2D eigenvalue weighted by atomic mass is 10.1. The molecule has 1 aliphatic heterocycles. The second-order valence-corrected chi connectivity index (χ2v) is 4.32. The van der Waals surface area contributed by atoms with Crippen molar-refractivity contribution in [3.63, 3.8) is 0 Å². The molecule has 1 fully saturated rings. The van der Waals surface area contributed by atoms with Crippen molar-refractivity contribution in [3.8, 4) is 11.4 Å². The highest BCUT2D eigenvalue weighted by molar-refractivity contribution is 5.85.